The topological polar surface area (TPSA) is 77.9 Å². The Hall–Kier alpha value is -3.32. The number of aliphatic carboxylic acids is 1. The summed E-state index contributed by atoms with van der Waals surface area (Å²) in [5.74, 6) is -1.33. The molecule has 1 fully saturated rings. The van der Waals surface area contributed by atoms with E-state index in [2.05, 4.69) is 76.2 Å². The summed E-state index contributed by atoms with van der Waals surface area (Å²) >= 11 is 1.57. The van der Waals surface area contributed by atoms with Gasteiger partial charge in [-0.3, -0.25) is 14.4 Å². The van der Waals surface area contributed by atoms with Crippen LogP contribution < -0.4 is 4.90 Å². The molecule has 2 amide bonds. The summed E-state index contributed by atoms with van der Waals surface area (Å²) < 4.78 is 0. The van der Waals surface area contributed by atoms with Crippen molar-refractivity contribution in [2.45, 2.75) is 57.5 Å². The highest BCUT2D eigenvalue weighted by Gasteiger charge is 2.40. The van der Waals surface area contributed by atoms with E-state index < -0.39 is 17.1 Å². The van der Waals surface area contributed by atoms with Crippen LogP contribution in [-0.4, -0.2) is 52.7 Å². The molecule has 0 bridgehead atoms. The lowest BCUT2D eigenvalue weighted by Gasteiger charge is -2.33. The Bertz CT molecular complexity index is 1430. The number of benzene rings is 3. The molecule has 40 heavy (non-hydrogen) atoms. The second-order valence-corrected chi connectivity index (χ2v) is 13.6. The maximum atomic E-state index is 14.3. The zero-order valence-electron chi connectivity index (χ0n) is 23.7. The van der Waals surface area contributed by atoms with E-state index >= 15 is 0 Å². The summed E-state index contributed by atoms with van der Waals surface area (Å²) in [4.78, 5) is 43.0. The predicted molar refractivity (Wildman–Crippen MR) is 162 cm³/mol. The minimum atomic E-state index is -0.801. The molecule has 6 nitrogen and oxygen atoms in total. The average Bonchev–Trinajstić information content (AvgIpc) is 3.02. The molecule has 2 atom stereocenters. The SMILES string of the molecule is Cc1ccc2c(c1)[C@H](c1cccc3ccccc13)S[C@@H](CC(=O)N1CCC(C(=O)O)CC1)C(=O)N2CC(C)(C)C. The molecule has 210 valence electrons. The predicted octanol–water partition coefficient (Wildman–Crippen LogP) is 6.45. The number of nitrogens with zero attached hydrogens (tertiary/aromatic N) is 2. The van der Waals surface area contributed by atoms with Crippen LogP contribution in [0, 0.1) is 18.3 Å². The quantitative estimate of drug-likeness (QED) is 0.390. The van der Waals surface area contributed by atoms with E-state index in [4.69, 9.17) is 0 Å². The van der Waals surface area contributed by atoms with Gasteiger partial charge in [0.1, 0.15) is 0 Å². The normalized spacial score (nSPS) is 20.4. The molecule has 5 rings (SSSR count). The molecular weight excluding hydrogens is 520 g/mol. The average molecular weight is 559 g/mol. The van der Waals surface area contributed by atoms with E-state index in [1.54, 1.807) is 16.7 Å². The number of carboxylic acid groups (broad SMARTS) is 1. The number of anilines is 1. The Balaban J connectivity index is 1.56. The number of carboxylic acids is 1. The van der Waals surface area contributed by atoms with Crippen LogP contribution in [0.2, 0.25) is 0 Å². The van der Waals surface area contributed by atoms with E-state index in [1.807, 2.05) is 17.0 Å². The Kier molecular flexibility index (Phi) is 7.96. The van der Waals surface area contributed by atoms with Gasteiger partial charge in [0.2, 0.25) is 11.8 Å². The number of likely N-dealkylation sites (tertiary alicyclic amines) is 1. The van der Waals surface area contributed by atoms with Crippen molar-refractivity contribution in [3.8, 4) is 0 Å². The number of hydrogen-bond acceptors (Lipinski definition) is 4. The maximum absolute atomic E-state index is 14.3. The first-order valence-corrected chi connectivity index (χ1v) is 15.0. The molecule has 3 aromatic carbocycles. The minimum Gasteiger partial charge on any atom is -0.481 e. The number of fused-ring (bicyclic) bond motifs is 2. The summed E-state index contributed by atoms with van der Waals surface area (Å²) in [5.41, 5.74) is 4.13. The lowest BCUT2D eigenvalue weighted by molar-refractivity contribution is -0.145. The van der Waals surface area contributed by atoms with Crippen LogP contribution in [0.25, 0.3) is 10.8 Å². The molecule has 0 saturated carbocycles. The van der Waals surface area contributed by atoms with Crippen molar-refractivity contribution in [3.05, 3.63) is 77.4 Å². The smallest absolute Gasteiger partial charge is 0.306 e. The van der Waals surface area contributed by atoms with Gasteiger partial charge in [-0.05, 0) is 53.1 Å². The fourth-order valence-electron chi connectivity index (χ4n) is 5.87. The second-order valence-electron chi connectivity index (χ2n) is 12.3. The van der Waals surface area contributed by atoms with Crippen molar-refractivity contribution >= 4 is 46.0 Å². The van der Waals surface area contributed by atoms with E-state index in [9.17, 15) is 19.5 Å². The zero-order chi connectivity index (χ0) is 28.6. The molecule has 3 aromatic rings. The second kappa shape index (κ2) is 11.3. The van der Waals surface area contributed by atoms with Gasteiger partial charge in [0, 0.05) is 31.7 Å². The van der Waals surface area contributed by atoms with Crippen LogP contribution in [-0.2, 0) is 14.4 Å². The summed E-state index contributed by atoms with van der Waals surface area (Å²) in [6, 6.07) is 21.0. The summed E-state index contributed by atoms with van der Waals surface area (Å²) in [5, 5.41) is 11.0. The number of piperidine rings is 1. The zero-order valence-corrected chi connectivity index (χ0v) is 24.5. The van der Waals surface area contributed by atoms with Crippen LogP contribution in [0.3, 0.4) is 0 Å². The molecule has 0 aromatic heterocycles. The third kappa shape index (κ3) is 5.90. The molecule has 0 radical (unpaired) electrons. The van der Waals surface area contributed by atoms with Gasteiger partial charge in [-0.15, -0.1) is 11.8 Å². The molecule has 0 unspecified atom stereocenters. The number of carbonyl (C=O) groups excluding carboxylic acids is 2. The number of rotatable bonds is 5. The Morgan fingerprint density at radius 1 is 0.975 bits per heavy atom. The number of thioether (sulfide) groups is 1. The first-order valence-electron chi connectivity index (χ1n) is 14.1. The largest absolute Gasteiger partial charge is 0.481 e. The standard InChI is InChI=1S/C33H38N2O4S/c1-21-12-13-27-26(18-21)30(25-11-7-9-22-8-5-6-10-24(22)25)40-28(31(37)35(27)20-33(2,3)4)19-29(36)34-16-14-23(15-17-34)32(38)39/h5-13,18,23,28,30H,14-17,19-20H2,1-4H3,(H,38,39)/t28-,30-/m0/s1. The highest BCUT2D eigenvalue weighted by Crippen LogP contribution is 2.49. The van der Waals surface area contributed by atoms with Gasteiger partial charge in [0.15, 0.2) is 0 Å². The van der Waals surface area contributed by atoms with E-state index in [0.717, 1.165) is 33.2 Å². The first-order chi connectivity index (χ1) is 19.0. The van der Waals surface area contributed by atoms with E-state index in [0.29, 0.717) is 32.5 Å². The van der Waals surface area contributed by atoms with Crippen molar-refractivity contribution in [2.75, 3.05) is 24.5 Å². The number of hydrogen-bond donors (Lipinski definition) is 1. The van der Waals surface area contributed by atoms with Gasteiger partial charge in [-0.1, -0.05) is 80.9 Å². The third-order valence-corrected chi connectivity index (χ3v) is 9.37. The van der Waals surface area contributed by atoms with Crippen molar-refractivity contribution in [1.29, 1.82) is 0 Å². The summed E-state index contributed by atoms with van der Waals surface area (Å²) in [6.45, 7) is 9.83. The third-order valence-electron chi connectivity index (χ3n) is 7.89. The number of amides is 2. The van der Waals surface area contributed by atoms with E-state index in [-0.39, 0.29) is 28.9 Å². The lowest BCUT2D eigenvalue weighted by Crippen LogP contribution is -2.45. The fourth-order valence-corrected chi connectivity index (χ4v) is 7.37. The van der Waals surface area contributed by atoms with Crippen molar-refractivity contribution in [3.63, 3.8) is 0 Å². The Morgan fingerprint density at radius 3 is 2.38 bits per heavy atom. The molecule has 7 heteroatoms. The number of aryl methyl sites for hydroxylation is 1. The van der Waals surface area contributed by atoms with Crippen molar-refractivity contribution in [1.82, 2.24) is 4.90 Å². The van der Waals surface area contributed by atoms with Gasteiger partial charge >= 0.3 is 5.97 Å². The highest BCUT2D eigenvalue weighted by atomic mass is 32.2. The summed E-state index contributed by atoms with van der Waals surface area (Å²) in [6.07, 6.45) is 0.995. The minimum absolute atomic E-state index is 0.0402. The lowest BCUT2D eigenvalue weighted by atomic mass is 9.93. The summed E-state index contributed by atoms with van der Waals surface area (Å²) in [7, 11) is 0. The van der Waals surface area contributed by atoms with Crippen molar-refractivity contribution in [2.24, 2.45) is 11.3 Å². The molecule has 1 N–H and O–H groups in total. The van der Waals surface area contributed by atoms with Gasteiger partial charge in [0.05, 0.1) is 16.4 Å². The van der Waals surface area contributed by atoms with Gasteiger partial charge in [0.25, 0.3) is 0 Å². The van der Waals surface area contributed by atoms with Crippen LogP contribution >= 0.6 is 11.8 Å². The molecule has 2 aliphatic rings. The molecule has 2 heterocycles. The van der Waals surface area contributed by atoms with Crippen LogP contribution in [0.5, 0.6) is 0 Å². The van der Waals surface area contributed by atoms with Crippen molar-refractivity contribution < 1.29 is 19.5 Å². The molecule has 0 aliphatic carbocycles. The molecular formula is C33H38N2O4S. The van der Waals surface area contributed by atoms with Gasteiger partial charge in [-0.25, -0.2) is 0 Å². The van der Waals surface area contributed by atoms with Gasteiger partial charge < -0.3 is 14.9 Å². The monoisotopic (exact) mass is 558 g/mol. The first kappa shape index (κ1) is 28.2. The van der Waals surface area contributed by atoms with Crippen LogP contribution in [0.1, 0.15) is 62.0 Å². The molecule has 1 saturated heterocycles. The molecule has 0 spiro atoms. The number of carbonyl (C=O) groups is 3. The van der Waals surface area contributed by atoms with Gasteiger partial charge in [-0.2, -0.15) is 0 Å². The van der Waals surface area contributed by atoms with Crippen LogP contribution in [0.4, 0.5) is 5.69 Å². The Morgan fingerprint density at radius 2 is 1.68 bits per heavy atom. The fraction of sp³-hybridized carbons (Fsp3) is 0.424. The van der Waals surface area contributed by atoms with Crippen LogP contribution in [0.15, 0.2) is 60.7 Å². The maximum Gasteiger partial charge on any atom is 0.306 e. The molecule has 2 aliphatic heterocycles. The Labute approximate surface area is 240 Å². The highest BCUT2D eigenvalue weighted by molar-refractivity contribution is 8.01. The van der Waals surface area contributed by atoms with E-state index in [1.165, 1.54) is 0 Å².